The van der Waals surface area contributed by atoms with Gasteiger partial charge in [0.2, 0.25) is 0 Å². The summed E-state index contributed by atoms with van der Waals surface area (Å²) in [7, 11) is 0. The predicted molar refractivity (Wildman–Crippen MR) is 154 cm³/mol. The summed E-state index contributed by atoms with van der Waals surface area (Å²) in [6.07, 6.45) is 11.5. The van der Waals surface area contributed by atoms with Crippen LogP contribution in [-0.2, 0) is 0 Å². The fourth-order valence-corrected chi connectivity index (χ4v) is 2.91. The summed E-state index contributed by atoms with van der Waals surface area (Å²) >= 11 is 0. The van der Waals surface area contributed by atoms with Crippen molar-refractivity contribution >= 4 is 0 Å². The van der Waals surface area contributed by atoms with Crippen LogP contribution in [0.25, 0.3) is 0 Å². The molecule has 0 aromatic carbocycles. The van der Waals surface area contributed by atoms with E-state index in [1.165, 1.54) is 25.7 Å². The molecule has 198 valence electrons. The quantitative estimate of drug-likeness (QED) is 0.358. The van der Waals surface area contributed by atoms with Gasteiger partial charge < -0.3 is 0 Å². The summed E-state index contributed by atoms with van der Waals surface area (Å²) in [5.74, 6) is 5.25. The van der Waals surface area contributed by atoms with Crippen molar-refractivity contribution in [3.8, 4) is 0 Å². The smallest absolute Gasteiger partial charge is 0.0297 e. The number of rotatable bonds is 7. The van der Waals surface area contributed by atoms with Crippen LogP contribution in [0.2, 0.25) is 0 Å². The van der Waals surface area contributed by atoms with E-state index >= 15 is 0 Å². The van der Waals surface area contributed by atoms with Crippen LogP contribution in [-0.4, -0.2) is 0 Å². The van der Waals surface area contributed by atoms with Gasteiger partial charge in [0.05, 0.1) is 0 Å². The minimum Gasteiger partial charge on any atom is -0.0654 e. The van der Waals surface area contributed by atoms with E-state index in [2.05, 4.69) is 111 Å². The van der Waals surface area contributed by atoms with Crippen LogP contribution in [0.3, 0.4) is 0 Å². The van der Waals surface area contributed by atoms with E-state index < -0.39 is 0 Å². The standard InChI is InChI=1S/2C9H20.C5H8.C5H12.C4H10/c2*1-6-8(4)9(5)7(2)3;1-2-5(1)3-4-5;1-5(2,3)4;1-3-4-2/h2*7-9H,6H2,1-5H3;1-4H2;1-4H3;3-4H2,1-2H3. The van der Waals surface area contributed by atoms with Crippen LogP contribution in [0, 0.1) is 46.3 Å². The lowest BCUT2D eigenvalue weighted by molar-refractivity contribution is 0.289. The van der Waals surface area contributed by atoms with Crippen molar-refractivity contribution in [2.45, 2.75) is 162 Å². The van der Waals surface area contributed by atoms with Crippen LogP contribution < -0.4 is 0 Å². The molecule has 0 radical (unpaired) electrons. The van der Waals surface area contributed by atoms with Crippen molar-refractivity contribution in [1.29, 1.82) is 0 Å². The van der Waals surface area contributed by atoms with E-state index in [0.29, 0.717) is 5.41 Å². The molecule has 1 spiro atoms. The molecule has 0 nitrogen and oxygen atoms in total. The molecule has 0 heterocycles. The molecule has 0 aliphatic heterocycles. The van der Waals surface area contributed by atoms with Crippen LogP contribution in [0.5, 0.6) is 0 Å². The van der Waals surface area contributed by atoms with Crippen molar-refractivity contribution in [2.24, 2.45) is 46.3 Å². The second kappa shape index (κ2) is 19.3. The van der Waals surface area contributed by atoms with Gasteiger partial charge in [-0.2, -0.15) is 0 Å². The molecule has 2 aliphatic carbocycles. The van der Waals surface area contributed by atoms with Gasteiger partial charge in [0, 0.05) is 0 Å². The maximum Gasteiger partial charge on any atom is -0.0297 e. The molecule has 4 unspecified atom stereocenters. The lowest BCUT2D eigenvalue weighted by atomic mass is 9.85. The Morgan fingerprint density at radius 2 is 0.750 bits per heavy atom. The third kappa shape index (κ3) is 26.3. The Morgan fingerprint density at radius 3 is 0.781 bits per heavy atom. The highest BCUT2D eigenvalue weighted by molar-refractivity contribution is 5.04. The molecule has 2 saturated carbocycles. The molecule has 0 aromatic heterocycles. The molecular weight excluding hydrogens is 384 g/mol. The Labute approximate surface area is 208 Å². The van der Waals surface area contributed by atoms with Gasteiger partial charge >= 0.3 is 0 Å². The van der Waals surface area contributed by atoms with Gasteiger partial charge in [-0.15, -0.1) is 0 Å². The normalized spacial score (nSPS) is 18.9. The zero-order valence-corrected chi connectivity index (χ0v) is 26.1. The third-order valence-electron chi connectivity index (χ3n) is 7.60. The summed E-state index contributed by atoms with van der Waals surface area (Å²) in [4.78, 5) is 0. The molecule has 2 fully saturated rings. The first-order valence-corrected chi connectivity index (χ1v) is 14.5. The Bertz CT molecular complexity index is 334. The molecule has 0 amide bonds. The van der Waals surface area contributed by atoms with E-state index in [-0.39, 0.29) is 0 Å². The molecule has 2 aliphatic rings. The molecule has 2 rings (SSSR count). The topological polar surface area (TPSA) is 0 Å². The van der Waals surface area contributed by atoms with Gasteiger partial charge in [-0.25, -0.2) is 0 Å². The highest BCUT2D eigenvalue weighted by atomic mass is 14.6. The van der Waals surface area contributed by atoms with Crippen molar-refractivity contribution in [3.05, 3.63) is 0 Å². The van der Waals surface area contributed by atoms with Crippen molar-refractivity contribution in [2.75, 3.05) is 0 Å². The van der Waals surface area contributed by atoms with E-state index in [1.54, 1.807) is 25.7 Å². The van der Waals surface area contributed by atoms with Gasteiger partial charge in [-0.3, -0.25) is 0 Å². The minimum absolute atomic E-state index is 0.500. The van der Waals surface area contributed by atoms with E-state index in [0.717, 1.165) is 40.9 Å². The van der Waals surface area contributed by atoms with Crippen molar-refractivity contribution in [1.82, 2.24) is 0 Å². The zero-order chi connectivity index (χ0) is 26.1. The molecule has 0 saturated heterocycles. The fraction of sp³-hybridized carbons (Fsp3) is 1.00. The van der Waals surface area contributed by atoms with Crippen LogP contribution in [0.15, 0.2) is 0 Å². The SMILES string of the molecule is C1CC12CC2.CC(C)(C)C.CCC(C)C(C)C(C)C.CCC(C)C(C)C(C)C.CCCC. The fourth-order valence-electron chi connectivity index (χ4n) is 2.91. The average molecular weight is 455 g/mol. The van der Waals surface area contributed by atoms with E-state index in [9.17, 15) is 0 Å². The first-order valence-electron chi connectivity index (χ1n) is 14.5. The Morgan fingerprint density at radius 1 is 0.531 bits per heavy atom. The predicted octanol–water partition coefficient (Wildman–Crippen LogP) is 12.1. The van der Waals surface area contributed by atoms with Gasteiger partial charge in [0.1, 0.15) is 0 Å². The number of hydrogen-bond donors (Lipinski definition) is 0. The van der Waals surface area contributed by atoms with Gasteiger partial charge in [0.25, 0.3) is 0 Å². The molecular formula is C32H70. The highest BCUT2D eigenvalue weighted by Gasteiger charge is 2.52. The van der Waals surface area contributed by atoms with Crippen molar-refractivity contribution in [3.63, 3.8) is 0 Å². The van der Waals surface area contributed by atoms with Gasteiger partial charge in [-0.05, 0) is 72.0 Å². The molecule has 0 aromatic rings. The number of unbranched alkanes of at least 4 members (excludes halogenated alkanes) is 1. The first kappa shape index (κ1) is 36.6. The zero-order valence-electron chi connectivity index (χ0n) is 26.1. The Balaban J connectivity index is -0.000000340. The lowest BCUT2D eigenvalue weighted by Crippen LogP contribution is -2.12. The van der Waals surface area contributed by atoms with Crippen LogP contribution in [0.4, 0.5) is 0 Å². The third-order valence-corrected chi connectivity index (χ3v) is 7.60. The average Bonchev–Trinajstić information content (AvgIpc) is 3.65. The summed E-state index contributed by atoms with van der Waals surface area (Å²) < 4.78 is 0. The van der Waals surface area contributed by atoms with Crippen LogP contribution in [0.1, 0.15) is 162 Å². The maximum absolute atomic E-state index is 2.35. The largest absolute Gasteiger partial charge is 0.0654 e. The van der Waals surface area contributed by atoms with Crippen molar-refractivity contribution < 1.29 is 0 Å². The summed E-state index contributed by atoms with van der Waals surface area (Å²) in [5.41, 5.74) is 1.50. The second-order valence-corrected chi connectivity index (χ2v) is 13.5. The van der Waals surface area contributed by atoms with Gasteiger partial charge in [-0.1, -0.05) is 136 Å². The van der Waals surface area contributed by atoms with E-state index in [4.69, 9.17) is 0 Å². The summed E-state index contributed by atoms with van der Waals surface area (Å²) in [6.45, 7) is 36.2. The summed E-state index contributed by atoms with van der Waals surface area (Å²) in [5, 5.41) is 0. The van der Waals surface area contributed by atoms with Gasteiger partial charge in [0.15, 0.2) is 0 Å². The van der Waals surface area contributed by atoms with E-state index in [1.807, 2.05) is 0 Å². The highest BCUT2D eigenvalue weighted by Crippen LogP contribution is 2.65. The first-order chi connectivity index (χ1) is 14.5. The molecule has 32 heavy (non-hydrogen) atoms. The molecule has 0 heteroatoms. The minimum atomic E-state index is 0.500. The van der Waals surface area contributed by atoms with Crippen LogP contribution >= 0.6 is 0 Å². The second-order valence-electron chi connectivity index (χ2n) is 13.5. The Hall–Kier alpha value is 0. The molecule has 0 bridgehead atoms. The molecule has 4 atom stereocenters. The summed E-state index contributed by atoms with van der Waals surface area (Å²) in [6, 6.07) is 0. The molecule has 0 N–H and O–H groups in total. The lowest BCUT2D eigenvalue weighted by Gasteiger charge is -2.21. The number of hydrogen-bond acceptors (Lipinski definition) is 0. The maximum atomic E-state index is 2.35. The monoisotopic (exact) mass is 455 g/mol. The Kier molecular flexibility index (Phi) is 22.1.